The van der Waals surface area contributed by atoms with Crippen LogP contribution in [0.25, 0.3) is 0 Å². The molecule has 0 radical (unpaired) electrons. The lowest BCUT2D eigenvalue weighted by atomic mass is 10.4. The van der Waals surface area contributed by atoms with Crippen molar-refractivity contribution in [3.63, 3.8) is 0 Å². The first-order valence-electron chi connectivity index (χ1n) is 4.85. The largest absolute Gasteiger partial charge is 0.121 e. The van der Waals surface area contributed by atoms with E-state index in [1.54, 1.807) is 0 Å². The minimum absolute atomic E-state index is 0.383. The standard InChI is InChI=1S/C13H12ClP/c14-11-15(12-7-3-1-4-8-12)13-9-5-2-6-10-13/h1-10H,11H2. The molecule has 0 nitrogen and oxygen atoms in total. The van der Waals surface area contributed by atoms with E-state index < -0.39 is 0 Å². The van der Waals surface area contributed by atoms with E-state index in [-0.39, 0.29) is 7.92 Å². The molecule has 0 spiro atoms. The smallest absolute Gasteiger partial charge is 0.0506 e. The Hall–Kier alpha value is -0.840. The summed E-state index contributed by atoms with van der Waals surface area (Å²) in [4.78, 5) is 0. The summed E-state index contributed by atoms with van der Waals surface area (Å²) in [6.07, 6.45) is 0. The van der Waals surface area contributed by atoms with E-state index >= 15 is 0 Å². The molecular formula is C13H12ClP. The third kappa shape index (κ3) is 2.59. The molecule has 2 aromatic carbocycles. The van der Waals surface area contributed by atoms with Gasteiger partial charge in [-0.2, -0.15) is 0 Å². The number of hydrogen-bond donors (Lipinski definition) is 0. The summed E-state index contributed by atoms with van der Waals surface area (Å²) in [5.41, 5.74) is 0.684. The Balaban J connectivity index is 2.34. The van der Waals surface area contributed by atoms with Crippen LogP contribution in [0.15, 0.2) is 60.7 Å². The second kappa shape index (κ2) is 5.30. The van der Waals surface area contributed by atoms with Crippen LogP contribution in [0.1, 0.15) is 0 Å². The first kappa shape index (κ1) is 10.7. The first-order valence-corrected chi connectivity index (χ1v) is 6.91. The van der Waals surface area contributed by atoms with Gasteiger partial charge in [-0.25, -0.2) is 0 Å². The molecule has 0 aliphatic rings. The Kier molecular flexibility index (Phi) is 3.77. The number of hydrogen-bond acceptors (Lipinski definition) is 0. The zero-order chi connectivity index (χ0) is 10.5. The molecule has 0 N–H and O–H groups in total. The highest BCUT2D eigenvalue weighted by Gasteiger charge is 2.10. The van der Waals surface area contributed by atoms with Crippen LogP contribution in [0.4, 0.5) is 0 Å². The summed E-state index contributed by atoms with van der Waals surface area (Å²) in [5, 5.41) is 2.68. The predicted octanol–water partition coefficient (Wildman–Crippen LogP) is 3.32. The third-order valence-corrected chi connectivity index (χ3v) is 5.05. The first-order chi connectivity index (χ1) is 7.42. The molecule has 0 saturated carbocycles. The maximum absolute atomic E-state index is 6.07. The van der Waals surface area contributed by atoms with Crippen LogP contribution in [-0.4, -0.2) is 5.62 Å². The van der Waals surface area contributed by atoms with Gasteiger partial charge in [-0.05, 0) is 18.5 Å². The molecule has 2 rings (SSSR count). The average molecular weight is 235 g/mol. The van der Waals surface area contributed by atoms with E-state index in [0.717, 1.165) is 0 Å². The Bertz CT molecular complexity index is 360. The van der Waals surface area contributed by atoms with Crippen molar-refractivity contribution in [1.29, 1.82) is 0 Å². The topological polar surface area (TPSA) is 0 Å². The summed E-state index contributed by atoms with van der Waals surface area (Å²) in [6, 6.07) is 21.0. The molecule has 0 unspecified atom stereocenters. The molecule has 0 saturated heterocycles. The van der Waals surface area contributed by atoms with Gasteiger partial charge < -0.3 is 0 Å². The number of alkyl halides is 1. The quantitative estimate of drug-likeness (QED) is 0.565. The number of halogens is 1. The van der Waals surface area contributed by atoms with Gasteiger partial charge in [0.2, 0.25) is 0 Å². The van der Waals surface area contributed by atoms with Gasteiger partial charge >= 0.3 is 0 Å². The molecule has 0 atom stereocenters. The van der Waals surface area contributed by atoms with Crippen molar-refractivity contribution < 1.29 is 0 Å². The van der Waals surface area contributed by atoms with Gasteiger partial charge in [-0.1, -0.05) is 60.7 Å². The summed E-state index contributed by atoms with van der Waals surface area (Å²) >= 11 is 6.07. The van der Waals surface area contributed by atoms with Gasteiger partial charge in [-0.3, -0.25) is 0 Å². The van der Waals surface area contributed by atoms with Crippen LogP contribution in [-0.2, 0) is 0 Å². The third-order valence-electron chi connectivity index (χ3n) is 2.26. The molecule has 0 aliphatic heterocycles. The Labute approximate surface area is 96.7 Å². The summed E-state index contributed by atoms with van der Waals surface area (Å²) < 4.78 is 0. The number of rotatable bonds is 3. The van der Waals surface area contributed by atoms with Crippen molar-refractivity contribution in [3.05, 3.63) is 60.7 Å². The van der Waals surface area contributed by atoms with Crippen molar-refractivity contribution >= 4 is 30.1 Å². The lowest BCUT2D eigenvalue weighted by Crippen LogP contribution is -2.11. The summed E-state index contributed by atoms with van der Waals surface area (Å²) in [6.45, 7) is 0. The number of benzene rings is 2. The molecule has 76 valence electrons. The highest BCUT2D eigenvalue weighted by Crippen LogP contribution is 2.34. The van der Waals surface area contributed by atoms with Crippen LogP contribution in [0, 0.1) is 0 Å². The van der Waals surface area contributed by atoms with Crippen LogP contribution in [0.3, 0.4) is 0 Å². The minimum atomic E-state index is -0.383. The van der Waals surface area contributed by atoms with Gasteiger partial charge in [0.1, 0.15) is 0 Å². The van der Waals surface area contributed by atoms with E-state index in [4.69, 9.17) is 11.6 Å². The lowest BCUT2D eigenvalue weighted by Gasteiger charge is -2.14. The fourth-order valence-corrected chi connectivity index (χ4v) is 3.97. The van der Waals surface area contributed by atoms with Gasteiger partial charge in [0.15, 0.2) is 0 Å². The summed E-state index contributed by atoms with van der Waals surface area (Å²) in [5.74, 6) is 0. The maximum atomic E-state index is 6.07. The fraction of sp³-hybridized carbons (Fsp3) is 0.0769. The van der Waals surface area contributed by atoms with E-state index in [1.807, 2.05) is 12.1 Å². The molecule has 0 fully saturated rings. The van der Waals surface area contributed by atoms with Crippen LogP contribution < -0.4 is 10.6 Å². The van der Waals surface area contributed by atoms with Crippen molar-refractivity contribution in [2.75, 3.05) is 5.62 Å². The Morgan fingerprint density at radius 3 is 1.47 bits per heavy atom. The second-order valence-electron chi connectivity index (χ2n) is 3.22. The fourth-order valence-electron chi connectivity index (χ4n) is 1.50. The van der Waals surface area contributed by atoms with Crippen LogP contribution in [0.2, 0.25) is 0 Å². The maximum Gasteiger partial charge on any atom is 0.0506 e. The molecule has 0 heterocycles. The molecular weight excluding hydrogens is 223 g/mol. The SMILES string of the molecule is ClCP(c1ccccc1)c1ccccc1. The van der Waals surface area contributed by atoms with Crippen LogP contribution in [0.5, 0.6) is 0 Å². The zero-order valence-corrected chi connectivity index (χ0v) is 9.96. The minimum Gasteiger partial charge on any atom is -0.121 e. The van der Waals surface area contributed by atoms with Gasteiger partial charge in [-0.15, -0.1) is 11.6 Å². The molecule has 0 bridgehead atoms. The van der Waals surface area contributed by atoms with E-state index in [1.165, 1.54) is 10.6 Å². The lowest BCUT2D eigenvalue weighted by molar-refractivity contribution is 1.74. The highest BCUT2D eigenvalue weighted by atomic mass is 35.5. The molecule has 0 aliphatic carbocycles. The molecule has 0 aromatic heterocycles. The molecule has 2 heteroatoms. The van der Waals surface area contributed by atoms with E-state index in [0.29, 0.717) is 5.62 Å². The molecule has 2 aromatic rings. The van der Waals surface area contributed by atoms with Gasteiger partial charge in [0.05, 0.1) is 5.62 Å². The zero-order valence-electron chi connectivity index (χ0n) is 8.31. The van der Waals surface area contributed by atoms with E-state index in [9.17, 15) is 0 Å². The molecule has 15 heavy (non-hydrogen) atoms. The average Bonchev–Trinajstić information content (AvgIpc) is 2.33. The van der Waals surface area contributed by atoms with Crippen molar-refractivity contribution in [3.8, 4) is 0 Å². The normalized spacial score (nSPS) is 10.5. The van der Waals surface area contributed by atoms with Crippen molar-refractivity contribution in [2.24, 2.45) is 0 Å². The highest BCUT2D eigenvalue weighted by molar-refractivity contribution is 7.74. The summed E-state index contributed by atoms with van der Waals surface area (Å²) in [7, 11) is -0.383. The molecule has 0 amide bonds. The van der Waals surface area contributed by atoms with Crippen LogP contribution >= 0.6 is 19.5 Å². The van der Waals surface area contributed by atoms with Gasteiger partial charge in [0, 0.05) is 0 Å². The Morgan fingerprint density at radius 1 is 0.733 bits per heavy atom. The monoisotopic (exact) mass is 234 g/mol. The predicted molar refractivity (Wildman–Crippen MR) is 69.8 cm³/mol. The second-order valence-corrected chi connectivity index (χ2v) is 6.06. The van der Waals surface area contributed by atoms with Crippen molar-refractivity contribution in [1.82, 2.24) is 0 Å². The van der Waals surface area contributed by atoms with E-state index in [2.05, 4.69) is 48.5 Å². The van der Waals surface area contributed by atoms with Crippen molar-refractivity contribution in [2.45, 2.75) is 0 Å². The Morgan fingerprint density at radius 2 is 1.13 bits per heavy atom. The van der Waals surface area contributed by atoms with Gasteiger partial charge in [0.25, 0.3) is 0 Å².